The number of nitrogens with zero attached hydrogens (tertiary/aromatic N) is 2. The number of rotatable bonds is 3. The van der Waals surface area contributed by atoms with Crippen molar-refractivity contribution in [2.45, 2.75) is 18.6 Å². The molecule has 0 radical (unpaired) electrons. The highest BCUT2D eigenvalue weighted by atomic mass is 19.1. The lowest BCUT2D eigenvalue weighted by Gasteiger charge is -2.13. The molecule has 4 nitrogen and oxygen atoms in total. The number of fused-ring (bicyclic) bond motifs is 3. The Morgan fingerprint density at radius 2 is 1.85 bits per heavy atom. The molecule has 2 aromatic carbocycles. The molecule has 27 heavy (non-hydrogen) atoms. The molecule has 1 aliphatic carbocycles. The molecule has 0 amide bonds. The van der Waals surface area contributed by atoms with Gasteiger partial charge in [0.05, 0.1) is 17.4 Å². The van der Waals surface area contributed by atoms with Crippen molar-refractivity contribution in [1.82, 2.24) is 4.98 Å². The van der Waals surface area contributed by atoms with Gasteiger partial charge in [0, 0.05) is 6.42 Å². The molecule has 2 heterocycles. The summed E-state index contributed by atoms with van der Waals surface area (Å²) < 4.78 is 33.1. The first-order valence-corrected chi connectivity index (χ1v) is 8.68. The van der Waals surface area contributed by atoms with Gasteiger partial charge in [-0.15, -0.1) is 0 Å². The molecule has 1 N–H and O–H groups in total. The van der Waals surface area contributed by atoms with E-state index in [0.717, 1.165) is 18.2 Å². The van der Waals surface area contributed by atoms with E-state index < -0.39 is 5.82 Å². The number of pyridine rings is 1. The fourth-order valence-corrected chi connectivity index (χ4v) is 3.62. The second kappa shape index (κ2) is 6.16. The van der Waals surface area contributed by atoms with Gasteiger partial charge in [-0.25, -0.2) is 18.8 Å². The number of anilines is 2. The Morgan fingerprint density at radius 1 is 1.00 bits per heavy atom. The summed E-state index contributed by atoms with van der Waals surface area (Å²) in [4.78, 5) is 8.72. The zero-order valence-corrected chi connectivity index (χ0v) is 14.2. The van der Waals surface area contributed by atoms with Crippen LogP contribution in [0.15, 0.2) is 65.8 Å². The quantitative estimate of drug-likeness (QED) is 0.743. The molecule has 1 aromatic heterocycles. The van der Waals surface area contributed by atoms with E-state index in [1.165, 1.54) is 29.8 Å². The van der Waals surface area contributed by atoms with Crippen molar-refractivity contribution in [3.63, 3.8) is 0 Å². The van der Waals surface area contributed by atoms with E-state index in [1.54, 1.807) is 6.07 Å². The summed E-state index contributed by atoms with van der Waals surface area (Å²) in [5.41, 5.74) is 3.52. The van der Waals surface area contributed by atoms with Crippen LogP contribution in [0.5, 0.6) is 0 Å². The van der Waals surface area contributed by atoms with Gasteiger partial charge in [0.1, 0.15) is 29.6 Å². The van der Waals surface area contributed by atoms with Gasteiger partial charge in [0.25, 0.3) is 0 Å². The second-order valence-electron chi connectivity index (χ2n) is 6.61. The number of halogens is 2. The molecule has 3 aromatic rings. The summed E-state index contributed by atoms with van der Waals surface area (Å²) in [7, 11) is 0. The van der Waals surface area contributed by atoms with Crippen LogP contribution in [0.3, 0.4) is 0 Å². The van der Waals surface area contributed by atoms with E-state index in [-0.39, 0.29) is 18.0 Å². The summed E-state index contributed by atoms with van der Waals surface area (Å²) in [6, 6.07) is 15.2. The lowest BCUT2D eigenvalue weighted by molar-refractivity contribution is 0.206. The number of ether oxygens (including phenoxy) is 1. The van der Waals surface area contributed by atoms with Crippen molar-refractivity contribution in [1.29, 1.82) is 0 Å². The van der Waals surface area contributed by atoms with Crippen LogP contribution in [0.25, 0.3) is 0 Å². The van der Waals surface area contributed by atoms with Crippen LogP contribution in [0, 0.1) is 11.6 Å². The molecular weight excluding hydrogens is 348 g/mol. The summed E-state index contributed by atoms with van der Waals surface area (Å²) >= 11 is 0. The minimum atomic E-state index is -0.421. The molecule has 1 aliphatic heterocycles. The number of benzene rings is 2. The first-order chi connectivity index (χ1) is 13.2. The zero-order valence-electron chi connectivity index (χ0n) is 14.2. The summed E-state index contributed by atoms with van der Waals surface area (Å²) in [6.07, 6.45) is 1.83. The van der Waals surface area contributed by atoms with Crippen molar-refractivity contribution in [2.75, 3.05) is 5.32 Å². The Bertz CT molecular complexity index is 1050. The van der Waals surface area contributed by atoms with E-state index in [0.29, 0.717) is 23.0 Å². The van der Waals surface area contributed by atoms with Crippen LogP contribution in [0.2, 0.25) is 0 Å². The highest BCUT2D eigenvalue weighted by molar-refractivity contribution is 6.01. The average molecular weight is 363 g/mol. The zero-order chi connectivity index (χ0) is 18.4. The number of nitrogens with one attached hydrogen (secondary N) is 1. The molecule has 2 aliphatic rings. The van der Waals surface area contributed by atoms with Gasteiger partial charge < -0.3 is 10.1 Å². The normalized spacial score (nSPS) is 19.9. The first kappa shape index (κ1) is 15.9. The van der Waals surface area contributed by atoms with Crippen LogP contribution in [0.4, 0.5) is 20.3 Å². The van der Waals surface area contributed by atoms with Crippen LogP contribution in [0.1, 0.15) is 22.7 Å². The monoisotopic (exact) mass is 363 g/mol. The minimum absolute atomic E-state index is 0.0718. The Labute approximate surface area is 154 Å². The molecule has 0 bridgehead atoms. The standard InChI is InChI=1S/C21H15F2N3O/c22-13-5-7-17(25-19-8-6-14(23)11-24-19)16(10-13)21-26-20-15-4-2-1-3-12(15)9-18(20)27-21/h1-8,10-11,18,20H,9H2,(H,24,25)/t18-,20+/m0/s1. The molecular formula is C21H15F2N3O. The smallest absolute Gasteiger partial charge is 0.219 e. The summed E-state index contributed by atoms with van der Waals surface area (Å²) in [6.45, 7) is 0. The predicted octanol–water partition coefficient (Wildman–Crippen LogP) is 4.55. The van der Waals surface area contributed by atoms with Crippen molar-refractivity contribution in [2.24, 2.45) is 4.99 Å². The highest BCUT2D eigenvalue weighted by Crippen LogP contribution is 2.41. The maximum atomic E-state index is 13.9. The topological polar surface area (TPSA) is 46.5 Å². The van der Waals surface area contributed by atoms with Gasteiger partial charge in [-0.1, -0.05) is 24.3 Å². The lowest BCUT2D eigenvalue weighted by Crippen LogP contribution is -2.14. The van der Waals surface area contributed by atoms with Crippen LogP contribution < -0.4 is 5.32 Å². The molecule has 0 spiro atoms. The lowest BCUT2D eigenvalue weighted by atomic mass is 10.1. The SMILES string of the molecule is Fc1ccc(Nc2ccc(F)cc2C2=N[C@@H]3c4ccccc4C[C@@H]3O2)nc1. The molecule has 2 atom stereocenters. The third-order valence-corrected chi connectivity index (χ3v) is 4.87. The second-order valence-corrected chi connectivity index (χ2v) is 6.61. The third kappa shape index (κ3) is 2.83. The third-order valence-electron chi connectivity index (χ3n) is 4.87. The summed E-state index contributed by atoms with van der Waals surface area (Å²) in [5, 5.41) is 3.08. The van der Waals surface area contributed by atoms with Gasteiger partial charge >= 0.3 is 0 Å². The van der Waals surface area contributed by atoms with E-state index in [1.807, 2.05) is 12.1 Å². The molecule has 0 saturated carbocycles. The highest BCUT2D eigenvalue weighted by Gasteiger charge is 2.39. The van der Waals surface area contributed by atoms with Gasteiger partial charge in [0.2, 0.25) is 5.90 Å². The molecule has 0 unspecified atom stereocenters. The van der Waals surface area contributed by atoms with Gasteiger partial charge in [-0.2, -0.15) is 0 Å². The van der Waals surface area contributed by atoms with Crippen molar-refractivity contribution < 1.29 is 13.5 Å². The van der Waals surface area contributed by atoms with E-state index in [9.17, 15) is 8.78 Å². The fourth-order valence-electron chi connectivity index (χ4n) is 3.62. The average Bonchev–Trinajstić information content (AvgIpc) is 3.23. The molecule has 5 rings (SSSR count). The molecule has 134 valence electrons. The Morgan fingerprint density at radius 3 is 2.70 bits per heavy atom. The predicted molar refractivity (Wildman–Crippen MR) is 98.2 cm³/mol. The Balaban J connectivity index is 1.50. The van der Waals surface area contributed by atoms with Crippen molar-refractivity contribution in [3.05, 3.63) is 89.1 Å². The number of hydrogen-bond donors (Lipinski definition) is 1. The molecule has 6 heteroatoms. The van der Waals surface area contributed by atoms with Crippen LogP contribution in [-0.4, -0.2) is 17.0 Å². The van der Waals surface area contributed by atoms with E-state index >= 15 is 0 Å². The molecule has 0 fully saturated rings. The van der Waals surface area contributed by atoms with Crippen LogP contribution >= 0.6 is 0 Å². The maximum absolute atomic E-state index is 13.9. The van der Waals surface area contributed by atoms with Gasteiger partial charge in [0.15, 0.2) is 0 Å². The largest absolute Gasteiger partial charge is 0.471 e. The van der Waals surface area contributed by atoms with Gasteiger partial charge in [-0.3, -0.25) is 0 Å². The minimum Gasteiger partial charge on any atom is -0.471 e. The van der Waals surface area contributed by atoms with Crippen molar-refractivity contribution >= 4 is 17.4 Å². The first-order valence-electron chi connectivity index (χ1n) is 8.68. The Kier molecular flexibility index (Phi) is 3.63. The number of aromatic nitrogens is 1. The van der Waals surface area contributed by atoms with Gasteiger partial charge in [-0.05, 0) is 41.5 Å². The maximum Gasteiger partial charge on any atom is 0.219 e. The molecule has 0 saturated heterocycles. The summed E-state index contributed by atoms with van der Waals surface area (Å²) in [5.74, 6) is 0.0539. The number of hydrogen-bond acceptors (Lipinski definition) is 4. The van der Waals surface area contributed by atoms with Crippen molar-refractivity contribution in [3.8, 4) is 0 Å². The van der Waals surface area contributed by atoms with Crippen LogP contribution in [-0.2, 0) is 11.2 Å². The van der Waals surface area contributed by atoms with E-state index in [2.05, 4.69) is 22.4 Å². The fraction of sp³-hybridized carbons (Fsp3) is 0.143. The van der Waals surface area contributed by atoms with E-state index in [4.69, 9.17) is 9.73 Å². The number of aliphatic imine (C=N–C) groups is 1. The Hall–Kier alpha value is -3.28.